The summed E-state index contributed by atoms with van der Waals surface area (Å²) in [6, 6.07) is 6.04. The van der Waals surface area contributed by atoms with Gasteiger partial charge in [-0.1, -0.05) is 32.9 Å². The van der Waals surface area contributed by atoms with E-state index in [-0.39, 0.29) is 29.5 Å². The van der Waals surface area contributed by atoms with Crippen LogP contribution >= 0.6 is 0 Å². The number of primary amides is 1. The molecule has 0 saturated carbocycles. The van der Waals surface area contributed by atoms with Crippen molar-refractivity contribution in [2.45, 2.75) is 58.5 Å². The Morgan fingerprint density at radius 1 is 1.18 bits per heavy atom. The molecule has 0 aliphatic rings. The van der Waals surface area contributed by atoms with E-state index in [1.165, 1.54) is 25.2 Å². The maximum atomic E-state index is 14.5. The lowest BCUT2D eigenvalue weighted by Gasteiger charge is -2.21. The zero-order valence-corrected chi connectivity index (χ0v) is 20.3. The van der Waals surface area contributed by atoms with Gasteiger partial charge in [-0.2, -0.15) is 13.2 Å². The average molecular weight is 504 g/mol. The van der Waals surface area contributed by atoms with Gasteiger partial charge in [-0.05, 0) is 60.4 Å². The molecule has 1 amide bonds. The van der Waals surface area contributed by atoms with Crippen LogP contribution in [-0.2, 0) is 35.1 Å². The Hall–Kier alpha value is -2.53. The quantitative estimate of drug-likeness (QED) is 0.372. The van der Waals surface area contributed by atoms with Crippen LogP contribution in [0.1, 0.15) is 62.0 Å². The number of hydrogen-bond donors (Lipinski definition) is 2. The van der Waals surface area contributed by atoms with Gasteiger partial charge in [0.05, 0.1) is 11.6 Å². The van der Waals surface area contributed by atoms with E-state index in [9.17, 15) is 26.6 Å². The number of aryl methyl sites for hydroxylation is 2. The second kappa shape index (κ2) is 10.8. The standard InChI is InChI=1S/C23H29F4N3O3S/c1-22(2,3)12-11-18-14(7-10-20(29-18)23(25,26)27)5-8-16(21(28)31)15-6-9-19(17(24)13-15)30(4)34(32)33/h6-7,9-10,13,16H,5,8,11-12H2,1-4H3,(H2,28,31)(H,32,33). The van der Waals surface area contributed by atoms with Crippen LogP contribution in [0.25, 0.3) is 0 Å². The molecule has 34 heavy (non-hydrogen) atoms. The summed E-state index contributed by atoms with van der Waals surface area (Å²) in [7, 11) is 1.23. The van der Waals surface area contributed by atoms with Gasteiger partial charge >= 0.3 is 6.18 Å². The van der Waals surface area contributed by atoms with Crippen molar-refractivity contribution < 1.29 is 31.1 Å². The highest BCUT2D eigenvalue weighted by Gasteiger charge is 2.33. The first kappa shape index (κ1) is 27.7. The van der Waals surface area contributed by atoms with Gasteiger partial charge in [0.25, 0.3) is 11.3 Å². The molecule has 2 aromatic rings. The molecular formula is C23H29F4N3O3S. The first-order valence-electron chi connectivity index (χ1n) is 10.6. The number of anilines is 1. The fourth-order valence-corrected chi connectivity index (χ4v) is 3.79. The van der Waals surface area contributed by atoms with Gasteiger partial charge in [-0.15, -0.1) is 0 Å². The van der Waals surface area contributed by atoms with Crippen LogP contribution in [0.15, 0.2) is 30.3 Å². The number of amides is 1. The minimum atomic E-state index is -4.57. The molecule has 6 nitrogen and oxygen atoms in total. The number of rotatable bonds is 9. The number of carbonyl (C=O) groups excluding carboxylic acids is 1. The summed E-state index contributed by atoms with van der Waals surface area (Å²) in [4.78, 5) is 16.0. The summed E-state index contributed by atoms with van der Waals surface area (Å²) < 4.78 is 75.3. The smallest absolute Gasteiger partial charge is 0.369 e. The van der Waals surface area contributed by atoms with Crippen molar-refractivity contribution in [3.8, 4) is 0 Å². The molecule has 0 fully saturated rings. The van der Waals surface area contributed by atoms with Gasteiger partial charge in [0.1, 0.15) is 11.5 Å². The third-order valence-corrected chi connectivity index (χ3v) is 6.13. The molecule has 0 radical (unpaired) electrons. The molecule has 0 saturated heterocycles. The fraction of sp³-hybridized carbons (Fsp3) is 0.478. The number of nitrogens with two attached hydrogens (primary N) is 1. The molecule has 1 aromatic carbocycles. The van der Waals surface area contributed by atoms with E-state index in [4.69, 9.17) is 10.3 Å². The minimum absolute atomic E-state index is 0.117. The first-order chi connectivity index (χ1) is 15.6. The molecule has 1 heterocycles. The van der Waals surface area contributed by atoms with Gasteiger partial charge < -0.3 is 5.73 Å². The van der Waals surface area contributed by atoms with E-state index in [2.05, 4.69) is 4.98 Å². The minimum Gasteiger partial charge on any atom is -0.369 e. The van der Waals surface area contributed by atoms with E-state index in [0.717, 1.165) is 16.4 Å². The topological polar surface area (TPSA) is 96.5 Å². The van der Waals surface area contributed by atoms with E-state index < -0.39 is 40.8 Å². The van der Waals surface area contributed by atoms with E-state index in [0.29, 0.717) is 24.1 Å². The third kappa shape index (κ3) is 7.49. The maximum Gasteiger partial charge on any atom is 0.433 e. The molecule has 0 aliphatic heterocycles. The molecule has 0 spiro atoms. The first-order valence-corrected chi connectivity index (χ1v) is 11.7. The number of halogens is 4. The van der Waals surface area contributed by atoms with Crippen molar-refractivity contribution >= 4 is 22.9 Å². The molecular weight excluding hydrogens is 474 g/mol. The van der Waals surface area contributed by atoms with Crippen LogP contribution in [0.5, 0.6) is 0 Å². The van der Waals surface area contributed by atoms with Crippen molar-refractivity contribution in [1.82, 2.24) is 4.98 Å². The van der Waals surface area contributed by atoms with Crippen molar-refractivity contribution in [3.63, 3.8) is 0 Å². The predicted octanol–water partition coefficient (Wildman–Crippen LogP) is 4.99. The molecule has 11 heteroatoms. The highest BCUT2D eigenvalue weighted by Crippen LogP contribution is 2.32. The Balaban J connectivity index is 2.32. The van der Waals surface area contributed by atoms with E-state index >= 15 is 0 Å². The largest absolute Gasteiger partial charge is 0.433 e. The summed E-state index contributed by atoms with van der Waals surface area (Å²) in [6.45, 7) is 5.93. The molecule has 188 valence electrons. The maximum absolute atomic E-state index is 14.5. The normalized spacial score (nSPS) is 14.0. The van der Waals surface area contributed by atoms with Crippen molar-refractivity contribution in [3.05, 3.63) is 58.7 Å². The Labute approximate surface area is 199 Å². The van der Waals surface area contributed by atoms with Crippen molar-refractivity contribution in [2.24, 2.45) is 11.1 Å². The van der Waals surface area contributed by atoms with Gasteiger partial charge in [-0.25, -0.2) is 13.6 Å². The number of aromatic nitrogens is 1. The Bertz CT molecular complexity index is 1050. The van der Waals surface area contributed by atoms with Gasteiger partial charge in [0.15, 0.2) is 0 Å². The van der Waals surface area contributed by atoms with Crippen LogP contribution in [0.4, 0.5) is 23.2 Å². The lowest BCUT2D eigenvalue weighted by molar-refractivity contribution is -0.141. The monoisotopic (exact) mass is 503 g/mol. The van der Waals surface area contributed by atoms with Gasteiger partial charge in [0.2, 0.25) is 5.91 Å². The summed E-state index contributed by atoms with van der Waals surface area (Å²) >= 11 is -2.43. The predicted molar refractivity (Wildman–Crippen MR) is 123 cm³/mol. The zero-order valence-electron chi connectivity index (χ0n) is 19.4. The zero-order chi connectivity index (χ0) is 25.8. The summed E-state index contributed by atoms with van der Waals surface area (Å²) in [5.74, 6) is -2.44. The van der Waals surface area contributed by atoms with Crippen molar-refractivity contribution in [1.29, 1.82) is 0 Å². The number of hydrogen-bond acceptors (Lipinski definition) is 3. The highest BCUT2D eigenvalue weighted by atomic mass is 32.2. The molecule has 0 aliphatic carbocycles. The summed E-state index contributed by atoms with van der Waals surface area (Å²) in [5.41, 5.74) is 5.45. The highest BCUT2D eigenvalue weighted by molar-refractivity contribution is 7.80. The SMILES string of the molecule is CN(c1ccc(C(CCc2ccc(C(F)(F)F)nc2CCC(C)(C)C)C(N)=O)cc1F)S(=O)O. The molecule has 1 aromatic heterocycles. The summed E-state index contributed by atoms with van der Waals surface area (Å²) in [5, 5.41) is 0. The molecule has 0 bridgehead atoms. The Morgan fingerprint density at radius 3 is 2.32 bits per heavy atom. The van der Waals surface area contributed by atoms with E-state index in [1.807, 2.05) is 20.8 Å². The van der Waals surface area contributed by atoms with Crippen LogP contribution in [-0.4, -0.2) is 26.7 Å². The number of nitrogens with zero attached hydrogens (tertiary/aromatic N) is 2. The third-order valence-electron chi connectivity index (χ3n) is 5.46. The summed E-state index contributed by atoms with van der Waals surface area (Å²) in [6.07, 6.45) is -3.29. The van der Waals surface area contributed by atoms with Crippen molar-refractivity contribution in [2.75, 3.05) is 11.4 Å². The number of pyridine rings is 1. The Morgan fingerprint density at radius 2 is 1.82 bits per heavy atom. The van der Waals surface area contributed by atoms with Crippen LogP contribution in [0.3, 0.4) is 0 Å². The number of carbonyl (C=O) groups is 1. The molecule has 3 N–H and O–H groups in total. The van der Waals surface area contributed by atoms with Crippen LogP contribution in [0, 0.1) is 11.2 Å². The van der Waals surface area contributed by atoms with Crippen LogP contribution < -0.4 is 10.0 Å². The van der Waals surface area contributed by atoms with Crippen LogP contribution in [0.2, 0.25) is 0 Å². The number of alkyl halides is 3. The molecule has 2 rings (SSSR count). The van der Waals surface area contributed by atoms with Gasteiger partial charge in [-0.3, -0.25) is 13.7 Å². The van der Waals surface area contributed by atoms with E-state index in [1.54, 1.807) is 0 Å². The lowest BCUT2D eigenvalue weighted by atomic mass is 9.87. The fourth-order valence-electron chi connectivity index (χ4n) is 3.48. The lowest BCUT2D eigenvalue weighted by Crippen LogP contribution is -2.23. The average Bonchev–Trinajstić information content (AvgIpc) is 2.70. The second-order valence-corrected chi connectivity index (χ2v) is 10.3. The second-order valence-electron chi connectivity index (χ2n) is 9.29. The number of benzene rings is 1. The van der Waals surface area contributed by atoms with Gasteiger partial charge in [0, 0.05) is 12.7 Å². The molecule has 2 unspecified atom stereocenters. The molecule has 2 atom stereocenters. The Kier molecular flexibility index (Phi) is 8.81.